The molecule has 0 unspecified atom stereocenters. The lowest BCUT2D eigenvalue weighted by Gasteiger charge is -2.29. The molecule has 0 aliphatic heterocycles. The van der Waals surface area contributed by atoms with Gasteiger partial charge in [0.15, 0.2) is 9.84 Å². The Hall–Kier alpha value is -1.44. The van der Waals surface area contributed by atoms with Crippen molar-refractivity contribution in [1.82, 2.24) is 5.32 Å². The van der Waals surface area contributed by atoms with Crippen LogP contribution in [0.2, 0.25) is 0 Å². The lowest BCUT2D eigenvalue weighted by Crippen LogP contribution is -2.53. The lowest BCUT2D eigenvalue weighted by molar-refractivity contribution is 0.0653. The molecular formula is C13H19NO5S. The van der Waals surface area contributed by atoms with Gasteiger partial charge in [0.2, 0.25) is 0 Å². The molecule has 0 aromatic heterocycles. The second-order valence-corrected chi connectivity index (χ2v) is 6.72. The third-order valence-corrected chi connectivity index (χ3v) is 4.33. The van der Waals surface area contributed by atoms with Gasteiger partial charge in [-0.1, -0.05) is 6.92 Å². The second-order valence-electron chi connectivity index (χ2n) is 4.70. The molecule has 20 heavy (non-hydrogen) atoms. The number of sulfone groups is 1. The molecule has 1 rings (SSSR count). The first-order valence-corrected chi connectivity index (χ1v) is 8.01. The summed E-state index contributed by atoms with van der Waals surface area (Å²) < 4.78 is 22.6. The van der Waals surface area contributed by atoms with Gasteiger partial charge in [-0.15, -0.1) is 0 Å². The molecule has 3 N–H and O–H groups in total. The molecule has 6 nitrogen and oxygen atoms in total. The van der Waals surface area contributed by atoms with Gasteiger partial charge in [0.1, 0.15) is 0 Å². The zero-order valence-corrected chi connectivity index (χ0v) is 12.3. The Balaban J connectivity index is 2.94. The van der Waals surface area contributed by atoms with E-state index in [0.717, 1.165) is 6.26 Å². The Morgan fingerprint density at radius 1 is 1.20 bits per heavy atom. The summed E-state index contributed by atoms with van der Waals surface area (Å²) >= 11 is 0. The average molecular weight is 301 g/mol. The first-order chi connectivity index (χ1) is 9.28. The number of nitrogens with one attached hydrogen (secondary N) is 1. The predicted molar refractivity (Wildman–Crippen MR) is 74.2 cm³/mol. The summed E-state index contributed by atoms with van der Waals surface area (Å²) in [6.07, 6.45) is 1.45. The van der Waals surface area contributed by atoms with Crippen molar-refractivity contribution in [1.29, 1.82) is 0 Å². The quantitative estimate of drug-likeness (QED) is 0.683. The third kappa shape index (κ3) is 3.78. The molecule has 0 aliphatic rings. The minimum Gasteiger partial charge on any atom is -0.394 e. The first-order valence-electron chi connectivity index (χ1n) is 6.12. The number of benzene rings is 1. The van der Waals surface area contributed by atoms with E-state index in [1.807, 2.05) is 0 Å². The largest absolute Gasteiger partial charge is 0.394 e. The molecule has 0 atom stereocenters. The van der Waals surface area contributed by atoms with Crippen LogP contribution in [0.25, 0.3) is 0 Å². The van der Waals surface area contributed by atoms with Crippen LogP contribution in [0, 0.1) is 0 Å². The molecule has 0 fully saturated rings. The molecule has 7 heteroatoms. The van der Waals surface area contributed by atoms with Crippen molar-refractivity contribution in [2.75, 3.05) is 19.5 Å². The number of aliphatic hydroxyl groups excluding tert-OH is 2. The van der Waals surface area contributed by atoms with Gasteiger partial charge < -0.3 is 15.5 Å². The minimum atomic E-state index is -3.31. The molecule has 0 saturated carbocycles. The Morgan fingerprint density at radius 2 is 1.70 bits per heavy atom. The maximum absolute atomic E-state index is 12.0. The lowest BCUT2D eigenvalue weighted by atomic mass is 9.98. The molecule has 0 aliphatic carbocycles. The van der Waals surface area contributed by atoms with Crippen molar-refractivity contribution in [2.45, 2.75) is 23.8 Å². The molecule has 0 heterocycles. The third-order valence-electron chi connectivity index (χ3n) is 3.21. The van der Waals surface area contributed by atoms with Crippen LogP contribution in [0.4, 0.5) is 0 Å². The molecule has 1 amide bonds. The van der Waals surface area contributed by atoms with Gasteiger partial charge >= 0.3 is 0 Å². The van der Waals surface area contributed by atoms with E-state index in [1.54, 1.807) is 6.92 Å². The summed E-state index contributed by atoms with van der Waals surface area (Å²) in [6.45, 7) is 0.972. The fraction of sp³-hybridized carbons (Fsp3) is 0.462. The van der Waals surface area contributed by atoms with Crippen molar-refractivity contribution in [3.63, 3.8) is 0 Å². The van der Waals surface area contributed by atoms with E-state index in [9.17, 15) is 23.4 Å². The van der Waals surface area contributed by atoms with Gasteiger partial charge in [0.25, 0.3) is 5.91 Å². The number of aliphatic hydroxyl groups is 2. The predicted octanol–water partition coefficient (Wildman–Crippen LogP) is -0.0467. The number of rotatable bonds is 6. The van der Waals surface area contributed by atoms with Crippen LogP contribution in [0.1, 0.15) is 23.7 Å². The van der Waals surface area contributed by atoms with E-state index in [2.05, 4.69) is 5.32 Å². The molecule has 0 bridgehead atoms. The van der Waals surface area contributed by atoms with Gasteiger partial charge in [0, 0.05) is 11.8 Å². The maximum Gasteiger partial charge on any atom is 0.251 e. The zero-order valence-electron chi connectivity index (χ0n) is 11.5. The van der Waals surface area contributed by atoms with Gasteiger partial charge in [-0.2, -0.15) is 0 Å². The highest BCUT2D eigenvalue weighted by Gasteiger charge is 2.28. The van der Waals surface area contributed by atoms with Crippen molar-refractivity contribution in [3.05, 3.63) is 29.8 Å². The van der Waals surface area contributed by atoms with Crippen LogP contribution < -0.4 is 5.32 Å². The highest BCUT2D eigenvalue weighted by atomic mass is 32.2. The van der Waals surface area contributed by atoms with Crippen LogP contribution in [0.3, 0.4) is 0 Å². The van der Waals surface area contributed by atoms with Crippen molar-refractivity contribution < 1.29 is 23.4 Å². The smallest absolute Gasteiger partial charge is 0.251 e. The standard InChI is InChI=1S/C13H19NO5S/c1-3-13(8-15,9-16)14-12(17)10-4-6-11(7-5-10)20(2,18)19/h4-7,15-16H,3,8-9H2,1-2H3,(H,14,17). The number of hydrogen-bond acceptors (Lipinski definition) is 5. The molecule has 0 saturated heterocycles. The summed E-state index contributed by atoms with van der Waals surface area (Å²) in [4.78, 5) is 12.1. The fourth-order valence-corrected chi connectivity index (χ4v) is 2.24. The van der Waals surface area contributed by atoms with E-state index < -0.39 is 21.3 Å². The summed E-state index contributed by atoms with van der Waals surface area (Å²) in [5, 5.41) is 21.1. The normalized spacial score (nSPS) is 12.2. The van der Waals surface area contributed by atoms with E-state index >= 15 is 0 Å². The molecule has 0 radical (unpaired) electrons. The second kappa shape index (κ2) is 6.34. The van der Waals surface area contributed by atoms with Crippen LogP contribution in [-0.4, -0.2) is 49.5 Å². The monoisotopic (exact) mass is 301 g/mol. The Kier molecular flexibility index (Phi) is 5.27. The van der Waals surface area contributed by atoms with Crippen LogP contribution in [0.15, 0.2) is 29.2 Å². The van der Waals surface area contributed by atoms with E-state index in [0.29, 0.717) is 6.42 Å². The summed E-state index contributed by atoms with van der Waals surface area (Å²) in [5.41, 5.74) is -0.816. The number of amides is 1. The number of hydrogen-bond donors (Lipinski definition) is 3. The highest BCUT2D eigenvalue weighted by Crippen LogP contribution is 2.13. The molecule has 1 aromatic carbocycles. The summed E-state index contributed by atoms with van der Waals surface area (Å²) in [7, 11) is -3.31. The van der Waals surface area contributed by atoms with Gasteiger partial charge in [-0.05, 0) is 30.7 Å². The Morgan fingerprint density at radius 3 is 2.05 bits per heavy atom. The van der Waals surface area contributed by atoms with Crippen molar-refractivity contribution in [2.24, 2.45) is 0 Å². The van der Waals surface area contributed by atoms with Crippen LogP contribution in [0.5, 0.6) is 0 Å². The van der Waals surface area contributed by atoms with E-state index in [-0.39, 0.29) is 23.7 Å². The van der Waals surface area contributed by atoms with Crippen molar-refractivity contribution >= 4 is 15.7 Å². The fourth-order valence-electron chi connectivity index (χ4n) is 1.61. The molecule has 0 spiro atoms. The SMILES string of the molecule is CCC(CO)(CO)NC(=O)c1ccc(S(C)(=O)=O)cc1. The molecular weight excluding hydrogens is 282 g/mol. The number of carbonyl (C=O) groups is 1. The van der Waals surface area contributed by atoms with Gasteiger partial charge in [0.05, 0.1) is 23.6 Å². The van der Waals surface area contributed by atoms with Crippen molar-refractivity contribution in [3.8, 4) is 0 Å². The Bertz CT molecular complexity index is 553. The van der Waals surface area contributed by atoms with Gasteiger partial charge in [-0.3, -0.25) is 4.79 Å². The summed E-state index contributed by atoms with van der Waals surface area (Å²) in [6, 6.07) is 5.47. The van der Waals surface area contributed by atoms with E-state index in [4.69, 9.17) is 0 Å². The number of carbonyl (C=O) groups excluding carboxylic acids is 1. The molecule has 1 aromatic rings. The molecule has 112 valence electrons. The average Bonchev–Trinajstić information content (AvgIpc) is 2.44. The minimum absolute atomic E-state index is 0.125. The van der Waals surface area contributed by atoms with E-state index in [1.165, 1.54) is 24.3 Å². The summed E-state index contributed by atoms with van der Waals surface area (Å²) in [5.74, 6) is -0.477. The maximum atomic E-state index is 12.0. The zero-order chi connectivity index (χ0) is 15.4. The first kappa shape index (κ1) is 16.6. The highest BCUT2D eigenvalue weighted by molar-refractivity contribution is 7.90. The topological polar surface area (TPSA) is 104 Å². The van der Waals surface area contributed by atoms with Crippen LogP contribution in [-0.2, 0) is 9.84 Å². The van der Waals surface area contributed by atoms with Crippen LogP contribution >= 0.6 is 0 Å². The van der Waals surface area contributed by atoms with Gasteiger partial charge in [-0.25, -0.2) is 8.42 Å². The Labute approximate surface area is 118 Å².